The van der Waals surface area contributed by atoms with Gasteiger partial charge in [-0.05, 0) is 6.07 Å². The monoisotopic (exact) mass is 209 g/mol. The molecule has 0 bridgehead atoms. The molecule has 0 fully saturated rings. The normalized spacial score (nSPS) is 8.42. The van der Waals surface area contributed by atoms with E-state index in [0.29, 0.717) is 0 Å². The van der Waals surface area contributed by atoms with Gasteiger partial charge in [0.05, 0.1) is 12.0 Å². The summed E-state index contributed by atoms with van der Waals surface area (Å²) in [5.41, 5.74) is -0.00463. The van der Waals surface area contributed by atoms with Crippen LogP contribution in [0.3, 0.4) is 0 Å². The van der Waals surface area contributed by atoms with Crippen molar-refractivity contribution in [1.29, 1.82) is 0 Å². The Balaban J connectivity index is 0.00000121. The first-order valence-corrected chi connectivity index (χ1v) is 3.03. The van der Waals surface area contributed by atoms with Crippen molar-refractivity contribution in [2.45, 2.75) is 0 Å². The second-order valence-electron chi connectivity index (χ2n) is 1.93. The summed E-state index contributed by atoms with van der Waals surface area (Å²) < 4.78 is 4.76. The third kappa shape index (κ3) is 2.22. The second-order valence-corrected chi connectivity index (χ2v) is 1.93. The van der Waals surface area contributed by atoms with E-state index in [9.17, 15) is 10.1 Å². The molecule has 1 aromatic carbocycles. The minimum atomic E-state index is -0.473. The Morgan fingerprint density at radius 3 is 2.42 bits per heavy atom. The van der Waals surface area contributed by atoms with E-state index in [2.05, 4.69) is 0 Å². The van der Waals surface area contributed by atoms with Crippen molar-refractivity contribution in [1.82, 2.24) is 0 Å². The topological polar surface area (TPSA) is 52.4 Å². The standard InChI is InChI=1S/C7H7NO3.Fe/c1-11-7-5-3-2-4-6(7)8(9)10;/h2-5H,1H3;. The van der Waals surface area contributed by atoms with E-state index >= 15 is 0 Å². The average molecular weight is 209 g/mol. The first-order chi connectivity index (χ1) is 5.25. The number of hydrogen-bond acceptors (Lipinski definition) is 3. The van der Waals surface area contributed by atoms with Crippen molar-refractivity contribution in [3.8, 4) is 5.75 Å². The molecule has 1 aromatic rings. The summed E-state index contributed by atoms with van der Waals surface area (Å²) in [6, 6.07) is 6.24. The van der Waals surface area contributed by atoms with Crippen LogP contribution in [0.4, 0.5) is 5.69 Å². The minimum absolute atomic E-state index is 0. The molecular weight excluding hydrogens is 202 g/mol. The number of nitrogens with zero attached hydrogens (tertiary/aromatic N) is 1. The molecule has 1 rings (SSSR count). The van der Waals surface area contributed by atoms with E-state index in [1.807, 2.05) is 0 Å². The number of rotatable bonds is 2. The zero-order valence-corrected chi connectivity index (χ0v) is 7.44. The van der Waals surface area contributed by atoms with E-state index in [1.54, 1.807) is 18.2 Å². The van der Waals surface area contributed by atoms with Crippen LogP contribution in [0.25, 0.3) is 0 Å². The summed E-state index contributed by atoms with van der Waals surface area (Å²) in [7, 11) is 1.41. The van der Waals surface area contributed by atoms with Crippen LogP contribution >= 0.6 is 0 Å². The van der Waals surface area contributed by atoms with Gasteiger partial charge in [0.2, 0.25) is 0 Å². The molecule has 0 atom stereocenters. The van der Waals surface area contributed by atoms with Crippen molar-refractivity contribution in [3.63, 3.8) is 0 Å². The van der Waals surface area contributed by atoms with Crippen molar-refractivity contribution in [2.75, 3.05) is 7.11 Å². The van der Waals surface area contributed by atoms with Crippen LogP contribution in [0.5, 0.6) is 5.75 Å². The Bertz CT molecular complexity index is 277. The number of para-hydroxylation sites is 2. The fourth-order valence-electron chi connectivity index (χ4n) is 0.781. The summed E-state index contributed by atoms with van der Waals surface area (Å²) in [5, 5.41) is 10.3. The van der Waals surface area contributed by atoms with Gasteiger partial charge in [-0.15, -0.1) is 0 Å². The van der Waals surface area contributed by atoms with Crippen LogP contribution in [0, 0.1) is 10.1 Å². The molecule has 0 aromatic heterocycles. The number of methoxy groups -OCH3 is 1. The van der Waals surface area contributed by atoms with Crippen molar-refractivity contribution >= 4 is 5.69 Å². The molecule has 0 saturated heterocycles. The number of hydrogen-bond donors (Lipinski definition) is 0. The molecule has 4 nitrogen and oxygen atoms in total. The smallest absolute Gasteiger partial charge is 0.310 e. The molecule has 0 aliphatic carbocycles. The van der Waals surface area contributed by atoms with Gasteiger partial charge in [0.25, 0.3) is 0 Å². The first kappa shape index (κ1) is 10.9. The minimum Gasteiger partial charge on any atom is -0.490 e. The maximum absolute atomic E-state index is 10.3. The van der Waals surface area contributed by atoms with Gasteiger partial charge < -0.3 is 4.74 Å². The molecule has 0 unspecified atom stereocenters. The van der Waals surface area contributed by atoms with Crippen LogP contribution in [-0.4, -0.2) is 12.0 Å². The van der Waals surface area contributed by atoms with Crippen LogP contribution < -0.4 is 4.74 Å². The van der Waals surface area contributed by atoms with Crippen molar-refractivity contribution < 1.29 is 26.7 Å². The first-order valence-electron chi connectivity index (χ1n) is 3.03. The SMILES string of the molecule is COc1ccccc1[N+](=O)[O-].[Fe]. The molecule has 0 aliphatic heterocycles. The van der Waals surface area contributed by atoms with E-state index < -0.39 is 4.92 Å². The predicted molar refractivity (Wildman–Crippen MR) is 39.6 cm³/mol. The fraction of sp³-hybridized carbons (Fsp3) is 0.143. The van der Waals surface area contributed by atoms with Crippen LogP contribution in [0.2, 0.25) is 0 Å². The zero-order valence-electron chi connectivity index (χ0n) is 6.33. The molecule has 0 amide bonds. The summed E-state index contributed by atoms with van der Waals surface area (Å²) in [6.07, 6.45) is 0. The van der Waals surface area contributed by atoms with E-state index in [-0.39, 0.29) is 28.5 Å². The van der Waals surface area contributed by atoms with Gasteiger partial charge in [0.15, 0.2) is 5.75 Å². The summed E-state index contributed by atoms with van der Waals surface area (Å²) in [4.78, 5) is 9.83. The molecule has 66 valence electrons. The average Bonchev–Trinajstić information content (AvgIpc) is 2.04. The van der Waals surface area contributed by atoms with E-state index in [1.165, 1.54) is 13.2 Å². The maximum atomic E-state index is 10.3. The van der Waals surface area contributed by atoms with Crippen LogP contribution in [-0.2, 0) is 17.1 Å². The van der Waals surface area contributed by atoms with Crippen molar-refractivity contribution in [3.05, 3.63) is 34.4 Å². The number of nitro groups is 1. The number of ether oxygens (including phenoxy) is 1. The third-order valence-corrected chi connectivity index (χ3v) is 1.28. The molecule has 0 saturated carbocycles. The summed E-state index contributed by atoms with van der Waals surface area (Å²) in [5.74, 6) is 0.289. The maximum Gasteiger partial charge on any atom is 0.310 e. The Labute approximate surface area is 80.2 Å². The predicted octanol–water partition coefficient (Wildman–Crippen LogP) is 1.60. The van der Waals surface area contributed by atoms with Gasteiger partial charge >= 0.3 is 5.69 Å². The molecule has 5 heteroatoms. The van der Waals surface area contributed by atoms with Gasteiger partial charge in [-0.25, -0.2) is 0 Å². The van der Waals surface area contributed by atoms with Gasteiger partial charge in [0.1, 0.15) is 0 Å². The summed E-state index contributed by atoms with van der Waals surface area (Å²) >= 11 is 0. The van der Waals surface area contributed by atoms with Gasteiger partial charge in [-0.1, -0.05) is 12.1 Å². The largest absolute Gasteiger partial charge is 0.490 e. The molecule has 0 aliphatic rings. The Morgan fingerprint density at radius 2 is 2.00 bits per heavy atom. The zero-order chi connectivity index (χ0) is 8.27. The molecular formula is C7H7FeNO3. The van der Waals surface area contributed by atoms with E-state index in [0.717, 1.165) is 0 Å². The van der Waals surface area contributed by atoms with Gasteiger partial charge in [-0.3, -0.25) is 10.1 Å². The molecule has 0 spiro atoms. The molecule has 0 N–H and O–H groups in total. The molecule has 0 heterocycles. The Hall–Kier alpha value is -1.06. The third-order valence-electron chi connectivity index (χ3n) is 1.28. The van der Waals surface area contributed by atoms with E-state index in [4.69, 9.17) is 4.74 Å². The van der Waals surface area contributed by atoms with Crippen LogP contribution in [0.1, 0.15) is 0 Å². The van der Waals surface area contributed by atoms with Crippen LogP contribution in [0.15, 0.2) is 24.3 Å². The summed E-state index contributed by atoms with van der Waals surface area (Å²) in [6.45, 7) is 0. The second kappa shape index (κ2) is 4.74. The molecule has 12 heavy (non-hydrogen) atoms. The van der Waals surface area contributed by atoms with Gasteiger partial charge in [-0.2, -0.15) is 0 Å². The number of nitro benzene ring substituents is 1. The van der Waals surface area contributed by atoms with Gasteiger partial charge in [0, 0.05) is 23.1 Å². The Morgan fingerprint density at radius 1 is 1.42 bits per heavy atom. The quantitative estimate of drug-likeness (QED) is 0.422. The fourth-order valence-corrected chi connectivity index (χ4v) is 0.781. The molecule has 0 radical (unpaired) electrons. The number of benzene rings is 1. The Kier molecular flexibility index (Phi) is 4.32. The van der Waals surface area contributed by atoms with Crippen molar-refractivity contribution in [2.24, 2.45) is 0 Å².